The normalized spacial score (nSPS) is 10.9. The highest BCUT2D eigenvalue weighted by atomic mass is 32.2. The van der Waals surface area contributed by atoms with Crippen molar-refractivity contribution >= 4 is 11.8 Å². The maximum atomic E-state index is 5.57. The van der Waals surface area contributed by atoms with Gasteiger partial charge in [0.25, 0.3) is 0 Å². The summed E-state index contributed by atoms with van der Waals surface area (Å²) in [4.78, 5) is 0. The number of ether oxygens (including phenoxy) is 1. The Bertz CT molecular complexity index is 1020. The van der Waals surface area contributed by atoms with Crippen LogP contribution < -0.4 is 4.74 Å². The molecule has 2 aromatic heterocycles. The lowest BCUT2D eigenvalue weighted by molar-refractivity contribution is 0.411. The van der Waals surface area contributed by atoms with Gasteiger partial charge in [-0.25, -0.2) is 0 Å². The highest BCUT2D eigenvalue weighted by Crippen LogP contribution is 2.32. The van der Waals surface area contributed by atoms with Gasteiger partial charge in [0.2, 0.25) is 5.82 Å². The van der Waals surface area contributed by atoms with Crippen LogP contribution >= 0.6 is 11.8 Å². The van der Waals surface area contributed by atoms with Crippen LogP contribution in [0.4, 0.5) is 0 Å². The monoisotopic (exact) mass is 377 g/mol. The van der Waals surface area contributed by atoms with Crippen molar-refractivity contribution in [3.63, 3.8) is 0 Å². The van der Waals surface area contributed by atoms with Gasteiger partial charge >= 0.3 is 0 Å². The van der Waals surface area contributed by atoms with E-state index >= 15 is 0 Å². The van der Waals surface area contributed by atoms with Crippen LogP contribution in [0.5, 0.6) is 5.75 Å². The molecule has 0 fully saturated rings. The SMILES string of the molecule is COc1ccccc1CSc1nnc(-c2ccco2)n1-c1ccc(C)cc1. The van der Waals surface area contributed by atoms with Crippen molar-refractivity contribution in [2.24, 2.45) is 0 Å². The van der Waals surface area contributed by atoms with Crippen LogP contribution in [0, 0.1) is 6.92 Å². The van der Waals surface area contributed by atoms with Crippen molar-refractivity contribution in [1.82, 2.24) is 14.8 Å². The summed E-state index contributed by atoms with van der Waals surface area (Å²) in [6.07, 6.45) is 1.64. The van der Waals surface area contributed by atoms with Crippen LogP contribution in [0.15, 0.2) is 76.5 Å². The number of aromatic nitrogens is 3. The molecule has 4 rings (SSSR count). The smallest absolute Gasteiger partial charge is 0.205 e. The molecule has 0 N–H and O–H groups in total. The third kappa shape index (κ3) is 3.61. The molecular weight excluding hydrogens is 358 g/mol. The molecule has 0 spiro atoms. The minimum atomic E-state index is 0.686. The molecule has 0 bridgehead atoms. The standard InChI is InChI=1S/C21H19N3O2S/c1-15-9-11-17(12-10-15)24-20(19-8-5-13-26-19)22-23-21(24)27-14-16-6-3-4-7-18(16)25-2/h3-13H,14H2,1-2H3. The van der Waals surface area contributed by atoms with E-state index in [0.29, 0.717) is 11.6 Å². The summed E-state index contributed by atoms with van der Waals surface area (Å²) in [5.74, 6) is 2.97. The lowest BCUT2D eigenvalue weighted by atomic mass is 10.2. The predicted molar refractivity (Wildman–Crippen MR) is 106 cm³/mol. The Balaban J connectivity index is 1.71. The summed E-state index contributed by atoms with van der Waals surface area (Å²) in [5, 5.41) is 9.60. The molecule has 0 saturated heterocycles. The Morgan fingerprint density at radius 3 is 2.56 bits per heavy atom. The number of furan rings is 1. The van der Waals surface area contributed by atoms with Crippen LogP contribution in [-0.4, -0.2) is 21.9 Å². The summed E-state index contributed by atoms with van der Waals surface area (Å²) in [6.45, 7) is 2.07. The average molecular weight is 377 g/mol. The Morgan fingerprint density at radius 2 is 1.81 bits per heavy atom. The fourth-order valence-electron chi connectivity index (χ4n) is 2.82. The molecule has 27 heavy (non-hydrogen) atoms. The number of para-hydroxylation sites is 1. The first-order valence-electron chi connectivity index (χ1n) is 8.57. The van der Waals surface area contributed by atoms with Crippen LogP contribution in [0.3, 0.4) is 0 Å². The van der Waals surface area contributed by atoms with E-state index in [0.717, 1.165) is 27.9 Å². The number of rotatable bonds is 6. The zero-order valence-corrected chi connectivity index (χ0v) is 15.9. The Labute approximate surface area is 162 Å². The number of benzene rings is 2. The van der Waals surface area contributed by atoms with Gasteiger partial charge in [0.15, 0.2) is 10.9 Å². The Hall–Kier alpha value is -2.99. The van der Waals surface area contributed by atoms with E-state index in [1.165, 1.54) is 5.56 Å². The zero-order chi connectivity index (χ0) is 18.6. The highest BCUT2D eigenvalue weighted by molar-refractivity contribution is 7.98. The van der Waals surface area contributed by atoms with Crippen LogP contribution in [0.25, 0.3) is 17.3 Å². The topological polar surface area (TPSA) is 53.1 Å². The van der Waals surface area contributed by atoms with Gasteiger partial charge in [0.1, 0.15) is 5.75 Å². The molecule has 2 aromatic carbocycles. The number of thioether (sulfide) groups is 1. The largest absolute Gasteiger partial charge is 0.496 e. The lowest BCUT2D eigenvalue weighted by Crippen LogP contribution is -1.99. The van der Waals surface area contributed by atoms with Crippen molar-refractivity contribution in [3.05, 3.63) is 78.1 Å². The molecule has 136 valence electrons. The molecule has 0 unspecified atom stereocenters. The minimum absolute atomic E-state index is 0.686. The molecule has 0 aliphatic rings. The summed E-state index contributed by atoms with van der Waals surface area (Å²) >= 11 is 1.61. The molecule has 4 aromatic rings. The van der Waals surface area contributed by atoms with E-state index < -0.39 is 0 Å². The molecule has 0 amide bonds. The fraction of sp³-hybridized carbons (Fsp3) is 0.143. The zero-order valence-electron chi connectivity index (χ0n) is 15.1. The van der Waals surface area contributed by atoms with Gasteiger partial charge in [-0.3, -0.25) is 4.57 Å². The summed E-state index contributed by atoms with van der Waals surface area (Å²) in [7, 11) is 1.69. The molecule has 0 atom stereocenters. The Kier molecular flexibility index (Phi) is 4.98. The minimum Gasteiger partial charge on any atom is -0.496 e. The van der Waals surface area contributed by atoms with E-state index in [4.69, 9.17) is 9.15 Å². The maximum absolute atomic E-state index is 5.57. The van der Waals surface area contributed by atoms with Crippen molar-refractivity contribution in [3.8, 4) is 23.0 Å². The fourth-order valence-corrected chi connectivity index (χ4v) is 3.76. The first kappa shape index (κ1) is 17.4. The molecule has 0 saturated carbocycles. The number of nitrogens with zero attached hydrogens (tertiary/aromatic N) is 3. The molecule has 0 aliphatic heterocycles. The first-order chi connectivity index (χ1) is 13.3. The number of hydrogen-bond donors (Lipinski definition) is 0. The van der Waals surface area contributed by atoms with Gasteiger partial charge in [0.05, 0.1) is 13.4 Å². The molecule has 0 radical (unpaired) electrons. The summed E-state index contributed by atoms with van der Waals surface area (Å²) < 4.78 is 13.0. The van der Waals surface area contributed by atoms with Crippen molar-refractivity contribution < 1.29 is 9.15 Å². The second-order valence-electron chi connectivity index (χ2n) is 6.05. The number of aryl methyl sites for hydroxylation is 1. The average Bonchev–Trinajstić information content (AvgIpc) is 3.37. The van der Waals surface area contributed by atoms with Gasteiger partial charge < -0.3 is 9.15 Å². The van der Waals surface area contributed by atoms with Crippen molar-refractivity contribution in [2.45, 2.75) is 17.8 Å². The number of hydrogen-bond acceptors (Lipinski definition) is 5. The van der Waals surface area contributed by atoms with E-state index in [2.05, 4.69) is 47.5 Å². The molecule has 2 heterocycles. The van der Waals surface area contributed by atoms with Gasteiger partial charge in [0, 0.05) is 17.0 Å². The van der Waals surface area contributed by atoms with Crippen LogP contribution in [0.1, 0.15) is 11.1 Å². The maximum Gasteiger partial charge on any atom is 0.205 e. The molecule has 6 heteroatoms. The van der Waals surface area contributed by atoms with E-state index in [9.17, 15) is 0 Å². The first-order valence-corrected chi connectivity index (χ1v) is 9.56. The number of methoxy groups -OCH3 is 1. The van der Waals surface area contributed by atoms with Gasteiger partial charge in [-0.1, -0.05) is 47.7 Å². The molecular formula is C21H19N3O2S. The summed E-state index contributed by atoms with van der Waals surface area (Å²) in [6, 6.07) is 20.0. The highest BCUT2D eigenvalue weighted by Gasteiger charge is 2.18. The van der Waals surface area contributed by atoms with E-state index in [-0.39, 0.29) is 0 Å². The molecule has 5 nitrogen and oxygen atoms in total. The second-order valence-corrected chi connectivity index (χ2v) is 7.00. The van der Waals surface area contributed by atoms with Gasteiger partial charge in [-0.2, -0.15) is 0 Å². The van der Waals surface area contributed by atoms with Gasteiger partial charge in [-0.15, -0.1) is 10.2 Å². The summed E-state index contributed by atoms with van der Waals surface area (Å²) in [5.41, 5.74) is 3.32. The van der Waals surface area contributed by atoms with E-state index in [1.807, 2.05) is 34.9 Å². The predicted octanol–water partition coefficient (Wildman–Crippen LogP) is 5.14. The second kappa shape index (κ2) is 7.72. The van der Waals surface area contributed by atoms with Gasteiger partial charge in [-0.05, 0) is 37.3 Å². The van der Waals surface area contributed by atoms with Crippen LogP contribution in [0.2, 0.25) is 0 Å². The third-order valence-electron chi connectivity index (χ3n) is 4.22. The van der Waals surface area contributed by atoms with Crippen molar-refractivity contribution in [1.29, 1.82) is 0 Å². The third-order valence-corrected chi connectivity index (χ3v) is 5.19. The van der Waals surface area contributed by atoms with Crippen LogP contribution in [-0.2, 0) is 5.75 Å². The lowest BCUT2D eigenvalue weighted by Gasteiger charge is -2.11. The van der Waals surface area contributed by atoms with Crippen molar-refractivity contribution in [2.75, 3.05) is 7.11 Å². The quantitative estimate of drug-likeness (QED) is 0.436. The molecule has 0 aliphatic carbocycles. The Morgan fingerprint density at radius 1 is 1.00 bits per heavy atom. The van der Waals surface area contributed by atoms with E-state index in [1.54, 1.807) is 25.1 Å².